The number of fused-ring (bicyclic) bond motifs is 2. The molecular weight excluding hydrogens is 310 g/mol. The van der Waals surface area contributed by atoms with Gasteiger partial charge >= 0.3 is 0 Å². The van der Waals surface area contributed by atoms with Crippen LogP contribution in [0.5, 0.6) is 0 Å². The van der Waals surface area contributed by atoms with Crippen molar-refractivity contribution in [3.63, 3.8) is 0 Å². The van der Waals surface area contributed by atoms with Gasteiger partial charge < -0.3 is 9.55 Å². The van der Waals surface area contributed by atoms with Gasteiger partial charge in [0.2, 0.25) is 5.95 Å². The first-order valence-corrected chi connectivity index (χ1v) is 8.20. The molecule has 0 amide bonds. The fourth-order valence-electron chi connectivity index (χ4n) is 3.15. The van der Waals surface area contributed by atoms with Crippen LogP contribution in [0.2, 0.25) is 0 Å². The Balaban J connectivity index is 1.66. The van der Waals surface area contributed by atoms with E-state index in [9.17, 15) is 0 Å². The Morgan fingerprint density at radius 1 is 1.20 bits per heavy atom. The van der Waals surface area contributed by atoms with Crippen molar-refractivity contribution in [3.05, 3.63) is 72.4 Å². The Labute approximate surface area is 145 Å². The third kappa shape index (κ3) is 2.70. The minimum absolute atomic E-state index is 0.630. The maximum Gasteiger partial charge on any atom is 0.222 e. The van der Waals surface area contributed by atoms with Crippen molar-refractivity contribution in [3.8, 4) is 0 Å². The highest BCUT2D eigenvalue weighted by atomic mass is 15.3. The van der Waals surface area contributed by atoms with Crippen LogP contribution in [0.4, 0.5) is 5.95 Å². The monoisotopic (exact) mass is 329 g/mol. The van der Waals surface area contributed by atoms with Crippen LogP contribution in [0.25, 0.3) is 21.9 Å². The standard InChI is InChI=1S/C20H19N5/c1-3-12-25-14(2)16(15-8-4-7-11-19(15)25)13-21-24-20-22-17-9-5-6-10-18(17)23-20/h3-11,13H,1,12H2,2H3,(H2,22,23,24)/b21-13-. The molecule has 0 atom stereocenters. The normalized spacial score (nSPS) is 11.6. The lowest BCUT2D eigenvalue weighted by Crippen LogP contribution is -1.98. The molecule has 4 aromatic rings. The van der Waals surface area contributed by atoms with Gasteiger partial charge in [0.25, 0.3) is 0 Å². The average molecular weight is 329 g/mol. The summed E-state index contributed by atoms with van der Waals surface area (Å²) in [5, 5.41) is 5.56. The van der Waals surface area contributed by atoms with Gasteiger partial charge in [0, 0.05) is 28.7 Å². The minimum atomic E-state index is 0.630. The molecule has 2 N–H and O–H groups in total. The van der Waals surface area contributed by atoms with E-state index in [1.165, 1.54) is 10.9 Å². The molecule has 4 rings (SSSR count). The van der Waals surface area contributed by atoms with Gasteiger partial charge in [-0.05, 0) is 25.1 Å². The lowest BCUT2D eigenvalue weighted by molar-refractivity contribution is 0.828. The lowest BCUT2D eigenvalue weighted by atomic mass is 10.1. The van der Waals surface area contributed by atoms with E-state index < -0.39 is 0 Å². The number of allylic oxidation sites excluding steroid dienone is 1. The Morgan fingerprint density at radius 2 is 2.00 bits per heavy atom. The van der Waals surface area contributed by atoms with Gasteiger partial charge in [-0.25, -0.2) is 10.4 Å². The van der Waals surface area contributed by atoms with Crippen molar-refractivity contribution < 1.29 is 0 Å². The second-order valence-corrected chi connectivity index (χ2v) is 5.89. The number of imidazole rings is 1. The van der Waals surface area contributed by atoms with E-state index >= 15 is 0 Å². The van der Waals surface area contributed by atoms with Crippen molar-refractivity contribution in [1.29, 1.82) is 0 Å². The van der Waals surface area contributed by atoms with E-state index in [0.29, 0.717) is 5.95 Å². The molecule has 0 fully saturated rings. The summed E-state index contributed by atoms with van der Waals surface area (Å²) in [4.78, 5) is 7.67. The topological polar surface area (TPSA) is 58.0 Å². The van der Waals surface area contributed by atoms with Gasteiger partial charge in [-0.1, -0.05) is 36.4 Å². The number of H-pyrrole nitrogens is 1. The van der Waals surface area contributed by atoms with Crippen LogP contribution in [-0.4, -0.2) is 20.7 Å². The SMILES string of the molecule is C=CCn1c(C)c(/C=N\Nc2nc3ccccc3[nH]2)c2ccccc21. The Morgan fingerprint density at radius 3 is 2.84 bits per heavy atom. The molecule has 0 aliphatic heterocycles. The first-order chi connectivity index (χ1) is 12.3. The third-order valence-corrected chi connectivity index (χ3v) is 4.34. The largest absolute Gasteiger partial charge is 0.340 e. The molecule has 0 radical (unpaired) electrons. The van der Waals surface area contributed by atoms with Crippen molar-refractivity contribution in [2.45, 2.75) is 13.5 Å². The predicted molar refractivity (Wildman–Crippen MR) is 104 cm³/mol. The van der Waals surface area contributed by atoms with E-state index in [4.69, 9.17) is 0 Å². The van der Waals surface area contributed by atoms with Crippen molar-refractivity contribution in [2.24, 2.45) is 5.10 Å². The zero-order chi connectivity index (χ0) is 17.2. The molecule has 2 aromatic heterocycles. The second-order valence-electron chi connectivity index (χ2n) is 5.89. The summed E-state index contributed by atoms with van der Waals surface area (Å²) in [5.74, 6) is 0.630. The van der Waals surface area contributed by atoms with Crippen LogP contribution in [0.3, 0.4) is 0 Å². The van der Waals surface area contributed by atoms with Crippen LogP contribution in [0.15, 0.2) is 66.3 Å². The summed E-state index contributed by atoms with van der Waals surface area (Å²) in [6.07, 6.45) is 3.76. The highest BCUT2D eigenvalue weighted by Gasteiger charge is 2.11. The maximum absolute atomic E-state index is 4.46. The van der Waals surface area contributed by atoms with E-state index in [2.05, 4.69) is 56.8 Å². The predicted octanol–water partition coefficient (Wildman–Crippen LogP) is 4.46. The molecule has 0 aliphatic carbocycles. The number of hydrazone groups is 1. The molecule has 0 aliphatic rings. The van der Waals surface area contributed by atoms with Crippen LogP contribution in [0, 0.1) is 6.92 Å². The molecule has 5 heteroatoms. The van der Waals surface area contributed by atoms with E-state index in [-0.39, 0.29) is 0 Å². The zero-order valence-corrected chi connectivity index (χ0v) is 14.0. The van der Waals surface area contributed by atoms with Crippen LogP contribution in [-0.2, 0) is 6.54 Å². The number of anilines is 1. The molecule has 0 saturated heterocycles. The van der Waals surface area contributed by atoms with Gasteiger partial charge in [-0.15, -0.1) is 6.58 Å². The summed E-state index contributed by atoms with van der Waals surface area (Å²) in [6.45, 7) is 6.73. The lowest BCUT2D eigenvalue weighted by Gasteiger charge is -2.03. The van der Waals surface area contributed by atoms with Crippen LogP contribution < -0.4 is 5.43 Å². The molecule has 0 spiro atoms. The molecule has 5 nitrogen and oxygen atoms in total. The fraction of sp³-hybridized carbons (Fsp3) is 0.100. The molecule has 124 valence electrons. The van der Waals surface area contributed by atoms with Crippen molar-refractivity contribution >= 4 is 34.1 Å². The average Bonchev–Trinajstić information content (AvgIpc) is 3.16. The maximum atomic E-state index is 4.46. The quantitative estimate of drug-likeness (QED) is 0.323. The molecule has 0 saturated carbocycles. The van der Waals surface area contributed by atoms with E-state index in [0.717, 1.165) is 28.8 Å². The van der Waals surface area contributed by atoms with Gasteiger partial charge in [-0.3, -0.25) is 0 Å². The second kappa shape index (κ2) is 6.28. The van der Waals surface area contributed by atoms with Gasteiger partial charge in [0.15, 0.2) is 0 Å². The smallest absolute Gasteiger partial charge is 0.222 e. The molecular formula is C20H19N5. The Bertz CT molecular complexity index is 1050. The van der Waals surface area contributed by atoms with E-state index in [1.54, 1.807) is 0 Å². The highest BCUT2D eigenvalue weighted by Crippen LogP contribution is 2.24. The van der Waals surface area contributed by atoms with Crippen molar-refractivity contribution in [2.75, 3.05) is 5.43 Å². The van der Waals surface area contributed by atoms with E-state index in [1.807, 2.05) is 42.6 Å². The van der Waals surface area contributed by atoms with Gasteiger partial charge in [0.1, 0.15) is 0 Å². The summed E-state index contributed by atoms with van der Waals surface area (Å²) in [5.41, 5.74) is 8.34. The number of aromatic nitrogens is 3. The molecule has 25 heavy (non-hydrogen) atoms. The first-order valence-electron chi connectivity index (χ1n) is 8.20. The third-order valence-electron chi connectivity index (χ3n) is 4.34. The number of para-hydroxylation sites is 3. The minimum Gasteiger partial charge on any atom is -0.340 e. The van der Waals surface area contributed by atoms with Gasteiger partial charge in [0.05, 0.1) is 17.2 Å². The number of hydrogen-bond acceptors (Lipinski definition) is 3. The first kappa shape index (κ1) is 15.2. The fourth-order valence-corrected chi connectivity index (χ4v) is 3.15. The van der Waals surface area contributed by atoms with Crippen LogP contribution in [0.1, 0.15) is 11.3 Å². The summed E-state index contributed by atoms with van der Waals surface area (Å²) >= 11 is 0. The number of aromatic amines is 1. The molecule has 0 bridgehead atoms. The van der Waals surface area contributed by atoms with Gasteiger partial charge in [-0.2, -0.15) is 5.10 Å². The van der Waals surface area contributed by atoms with Crippen molar-refractivity contribution in [1.82, 2.24) is 14.5 Å². The number of rotatable bonds is 5. The number of nitrogens with zero attached hydrogens (tertiary/aromatic N) is 3. The molecule has 0 unspecified atom stereocenters. The zero-order valence-electron chi connectivity index (χ0n) is 14.0. The Hall–Kier alpha value is -3.34. The molecule has 2 aromatic carbocycles. The Kier molecular flexibility index (Phi) is 3.82. The van der Waals surface area contributed by atoms with Crippen LogP contribution >= 0.6 is 0 Å². The number of nitrogens with one attached hydrogen (secondary N) is 2. The summed E-state index contributed by atoms with van der Waals surface area (Å²) < 4.78 is 2.24. The molecule has 2 heterocycles. The number of benzene rings is 2. The number of hydrogen-bond donors (Lipinski definition) is 2. The summed E-state index contributed by atoms with van der Waals surface area (Å²) in [6, 6.07) is 16.2. The summed E-state index contributed by atoms with van der Waals surface area (Å²) in [7, 11) is 0. The highest BCUT2D eigenvalue weighted by molar-refractivity contribution is 6.01.